The SMILES string of the molecule is COc1ccc(C=NNC(=O)CNc2cccc(C)c2)c(OC)c1. The van der Waals surface area contributed by atoms with Crippen LogP contribution in [-0.4, -0.2) is 32.9 Å². The number of nitrogens with one attached hydrogen (secondary N) is 2. The number of hydrogen-bond acceptors (Lipinski definition) is 5. The monoisotopic (exact) mass is 327 g/mol. The van der Waals surface area contributed by atoms with Crippen molar-refractivity contribution in [3.8, 4) is 11.5 Å². The van der Waals surface area contributed by atoms with Crippen molar-refractivity contribution in [1.29, 1.82) is 0 Å². The molecule has 0 aromatic heterocycles. The highest BCUT2D eigenvalue weighted by molar-refractivity contribution is 5.86. The van der Waals surface area contributed by atoms with Crippen molar-refractivity contribution in [3.63, 3.8) is 0 Å². The lowest BCUT2D eigenvalue weighted by atomic mass is 10.2. The second-order valence-corrected chi connectivity index (χ2v) is 5.12. The molecule has 0 unspecified atom stereocenters. The molecule has 0 saturated carbocycles. The number of hydrazone groups is 1. The first-order valence-corrected chi connectivity index (χ1v) is 7.47. The predicted octanol–water partition coefficient (Wildman–Crippen LogP) is 2.57. The third-order valence-corrected chi connectivity index (χ3v) is 3.30. The zero-order valence-corrected chi connectivity index (χ0v) is 14.0. The first-order valence-electron chi connectivity index (χ1n) is 7.47. The fourth-order valence-electron chi connectivity index (χ4n) is 2.08. The second-order valence-electron chi connectivity index (χ2n) is 5.12. The molecule has 0 heterocycles. The van der Waals surface area contributed by atoms with Crippen LogP contribution in [0, 0.1) is 6.92 Å². The summed E-state index contributed by atoms with van der Waals surface area (Å²) in [7, 11) is 3.15. The summed E-state index contributed by atoms with van der Waals surface area (Å²) in [6.45, 7) is 2.14. The van der Waals surface area contributed by atoms with Crippen LogP contribution in [0.2, 0.25) is 0 Å². The van der Waals surface area contributed by atoms with Gasteiger partial charge in [-0.25, -0.2) is 5.43 Å². The number of hydrogen-bond donors (Lipinski definition) is 2. The van der Waals surface area contributed by atoms with Gasteiger partial charge >= 0.3 is 0 Å². The highest BCUT2D eigenvalue weighted by Crippen LogP contribution is 2.22. The van der Waals surface area contributed by atoms with Crippen LogP contribution in [0.1, 0.15) is 11.1 Å². The maximum Gasteiger partial charge on any atom is 0.259 e. The van der Waals surface area contributed by atoms with E-state index in [-0.39, 0.29) is 12.5 Å². The number of aryl methyl sites for hydroxylation is 1. The van der Waals surface area contributed by atoms with Crippen LogP contribution in [0.5, 0.6) is 11.5 Å². The van der Waals surface area contributed by atoms with E-state index in [0.29, 0.717) is 11.5 Å². The Balaban J connectivity index is 1.88. The highest BCUT2D eigenvalue weighted by atomic mass is 16.5. The van der Waals surface area contributed by atoms with Crippen LogP contribution in [-0.2, 0) is 4.79 Å². The number of benzene rings is 2. The first-order chi connectivity index (χ1) is 11.6. The molecule has 0 radical (unpaired) electrons. The summed E-state index contributed by atoms with van der Waals surface area (Å²) in [6, 6.07) is 13.2. The molecule has 2 rings (SSSR count). The molecule has 6 heteroatoms. The standard InChI is InChI=1S/C18H21N3O3/c1-13-5-4-6-15(9-13)19-12-18(22)21-20-11-14-7-8-16(23-2)10-17(14)24-3/h4-11,19H,12H2,1-3H3,(H,21,22). The maximum atomic E-state index is 11.8. The topological polar surface area (TPSA) is 72.0 Å². The van der Waals surface area contributed by atoms with Crippen LogP contribution in [0.4, 0.5) is 5.69 Å². The number of carbonyl (C=O) groups excluding carboxylic acids is 1. The Morgan fingerprint density at radius 1 is 1.17 bits per heavy atom. The minimum Gasteiger partial charge on any atom is -0.497 e. The lowest BCUT2D eigenvalue weighted by Gasteiger charge is -2.07. The zero-order valence-electron chi connectivity index (χ0n) is 14.0. The van der Waals surface area contributed by atoms with Crippen molar-refractivity contribution in [2.75, 3.05) is 26.1 Å². The molecule has 0 saturated heterocycles. The normalized spacial score (nSPS) is 10.5. The number of methoxy groups -OCH3 is 2. The van der Waals surface area contributed by atoms with Gasteiger partial charge < -0.3 is 14.8 Å². The van der Waals surface area contributed by atoms with E-state index in [2.05, 4.69) is 15.8 Å². The summed E-state index contributed by atoms with van der Waals surface area (Å²) >= 11 is 0. The van der Waals surface area contributed by atoms with E-state index in [0.717, 1.165) is 16.8 Å². The fraction of sp³-hybridized carbons (Fsp3) is 0.222. The first kappa shape index (κ1) is 17.3. The highest BCUT2D eigenvalue weighted by Gasteiger charge is 2.03. The minimum absolute atomic E-state index is 0.139. The lowest BCUT2D eigenvalue weighted by molar-refractivity contribution is -0.119. The van der Waals surface area contributed by atoms with Gasteiger partial charge in [-0.1, -0.05) is 12.1 Å². The molecule has 2 aromatic carbocycles. The summed E-state index contributed by atoms with van der Waals surface area (Å²) < 4.78 is 10.4. The van der Waals surface area contributed by atoms with Gasteiger partial charge in [-0.3, -0.25) is 4.79 Å². The van der Waals surface area contributed by atoms with Crippen LogP contribution < -0.4 is 20.2 Å². The maximum absolute atomic E-state index is 11.8. The van der Waals surface area contributed by atoms with Gasteiger partial charge in [0.25, 0.3) is 5.91 Å². The summed E-state index contributed by atoms with van der Waals surface area (Å²) in [5.41, 5.74) is 5.24. The van der Waals surface area contributed by atoms with E-state index in [1.165, 1.54) is 6.21 Å². The Morgan fingerprint density at radius 3 is 2.71 bits per heavy atom. The molecular formula is C18H21N3O3. The molecule has 6 nitrogen and oxygen atoms in total. The minimum atomic E-state index is -0.236. The Morgan fingerprint density at radius 2 is 2.00 bits per heavy atom. The zero-order chi connectivity index (χ0) is 17.4. The van der Waals surface area contributed by atoms with Crippen LogP contribution in [0.25, 0.3) is 0 Å². The molecule has 0 aliphatic heterocycles. The average molecular weight is 327 g/mol. The third-order valence-electron chi connectivity index (χ3n) is 3.30. The van der Waals surface area contributed by atoms with Crippen molar-refractivity contribution in [3.05, 3.63) is 53.6 Å². The Labute approximate surface area is 141 Å². The molecule has 0 bridgehead atoms. The second kappa shape index (κ2) is 8.57. The van der Waals surface area contributed by atoms with E-state index in [4.69, 9.17) is 9.47 Å². The van der Waals surface area contributed by atoms with Crippen molar-refractivity contribution in [2.45, 2.75) is 6.92 Å². The third kappa shape index (κ3) is 5.01. The molecule has 24 heavy (non-hydrogen) atoms. The quantitative estimate of drug-likeness (QED) is 0.606. The molecule has 0 atom stereocenters. The summed E-state index contributed by atoms with van der Waals surface area (Å²) in [5, 5.41) is 6.99. The van der Waals surface area contributed by atoms with Gasteiger partial charge in [0.15, 0.2) is 0 Å². The van der Waals surface area contributed by atoms with Crippen LogP contribution in [0.15, 0.2) is 47.6 Å². The number of anilines is 1. The molecule has 2 aromatic rings. The number of nitrogens with zero attached hydrogens (tertiary/aromatic N) is 1. The van der Waals surface area contributed by atoms with E-state index in [1.807, 2.05) is 31.2 Å². The van der Waals surface area contributed by atoms with Gasteiger partial charge in [0.2, 0.25) is 0 Å². The van der Waals surface area contributed by atoms with Gasteiger partial charge in [0.05, 0.1) is 27.0 Å². The van der Waals surface area contributed by atoms with Crippen molar-refractivity contribution >= 4 is 17.8 Å². The molecule has 1 amide bonds. The number of ether oxygens (including phenoxy) is 2. The van der Waals surface area contributed by atoms with E-state index in [1.54, 1.807) is 32.4 Å². The molecule has 0 aliphatic rings. The van der Waals surface area contributed by atoms with Gasteiger partial charge in [-0.15, -0.1) is 0 Å². The molecule has 0 aliphatic carbocycles. The van der Waals surface area contributed by atoms with Gasteiger partial charge in [0.1, 0.15) is 11.5 Å². The Hall–Kier alpha value is -3.02. The molecule has 126 valence electrons. The molecule has 2 N–H and O–H groups in total. The van der Waals surface area contributed by atoms with Crippen molar-refractivity contribution in [2.24, 2.45) is 5.10 Å². The van der Waals surface area contributed by atoms with Gasteiger partial charge in [-0.05, 0) is 36.8 Å². The summed E-state index contributed by atoms with van der Waals surface area (Å²) in [5.74, 6) is 1.07. The van der Waals surface area contributed by atoms with Crippen LogP contribution in [0.3, 0.4) is 0 Å². The van der Waals surface area contributed by atoms with Crippen molar-refractivity contribution in [1.82, 2.24) is 5.43 Å². The number of amides is 1. The van der Waals surface area contributed by atoms with Gasteiger partial charge in [-0.2, -0.15) is 5.10 Å². The van der Waals surface area contributed by atoms with Crippen LogP contribution >= 0.6 is 0 Å². The lowest BCUT2D eigenvalue weighted by Crippen LogP contribution is -2.25. The Bertz CT molecular complexity index is 729. The summed E-state index contributed by atoms with van der Waals surface area (Å²) in [4.78, 5) is 11.8. The molecule has 0 spiro atoms. The largest absolute Gasteiger partial charge is 0.497 e. The number of rotatable bonds is 7. The van der Waals surface area contributed by atoms with E-state index >= 15 is 0 Å². The Kier molecular flexibility index (Phi) is 6.19. The average Bonchev–Trinajstić information content (AvgIpc) is 2.60. The molecular weight excluding hydrogens is 306 g/mol. The number of carbonyl (C=O) groups is 1. The molecule has 0 fully saturated rings. The van der Waals surface area contributed by atoms with E-state index < -0.39 is 0 Å². The predicted molar refractivity (Wildman–Crippen MR) is 95.0 cm³/mol. The van der Waals surface area contributed by atoms with Gasteiger partial charge in [0, 0.05) is 17.3 Å². The smallest absolute Gasteiger partial charge is 0.259 e. The van der Waals surface area contributed by atoms with Crippen molar-refractivity contribution < 1.29 is 14.3 Å². The summed E-state index contributed by atoms with van der Waals surface area (Å²) in [6.07, 6.45) is 1.53. The van der Waals surface area contributed by atoms with E-state index in [9.17, 15) is 4.79 Å². The fourth-order valence-corrected chi connectivity index (χ4v) is 2.08.